The van der Waals surface area contributed by atoms with E-state index in [9.17, 15) is 9.59 Å². The zero-order valence-corrected chi connectivity index (χ0v) is 15.9. The lowest BCUT2D eigenvalue weighted by molar-refractivity contribution is 0.0523. The second-order valence-electron chi connectivity index (χ2n) is 7.39. The molecule has 8 heteroatoms. The number of rotatable bonds is 3. The van der Waals surface area contributed by atoms with E-state index in [2.05, 4.69) is 20.6 Å². The highest BCUT2D eigenvalue weighted by molar-refractivity contribution is 5.92. The summed E-state index contributed by atoms with van der Waals surface area (Å²) < 4.78 is 5.25. The Morgan fingerprint density at radius 3 is 2.85 bits per heavy atom. The fourth-order valence-electron chi connectivity index (χ4n) is 2.74. The molecule has 2 heterocycles. The van der Waals surface area contributed by atoms with Crippen molar-refractivity contribution >= 4 is 17.9 Å². The average molecular weight is 369 g/mol. The summed E-state index contributed by atoms with van der Waals surface area (Å²) in [7, 11) is 1.72. The average Bonchev–Trinajstić information content (AvgIpc) is 2.59. The smallest absolute Gasteiger partial charge is 0.407 e. The van der Waals surface area contributed by atoms with Gasteiger partial charge in [-0.1, -0.05) is 18.2 Å². The van der Waals surface area contributed by atoms with Crippen molar-refractivity contribution in [1.82, 2.24) is 20.2 Å². The first-order chi connectivity index (χ1) is 12.7. The molecule has 0 unspecified atom stereocenters. The van der Waals surface area contributed by atoms with E-state index in [-0.39, 0.29) is 6.03 Å². The van der Waals surface area contributed by atoms with Crippen LogP contribution in [-0.2, 0) is 17.8 Å². The third-order valence-electron chi connectivity index (χ3n) is 3.95. The van der Waals surface area contributed by atoms with Crippen LogP contribution in [0.3, 0.4) is 0 Å². The van der Waals surface area contributed by atoms with Crippen LogP contribution in [0.25, 0.3) is 11.3 Å². The number of nitrogens with one attached hydrogen (secondary N) is 2. The standard InChI is InChI=1S/C19H23N5O3/c1-19(2,3)27-18(26)20-9-12-6-5-7-13(8-12)15-14-10-24(4)17(25)23-16(14)22-11-21-15/h5-8,11H,9-10H2,1-4H3,(H,20,26)(H,21,22,23,25). The van der Waals surface area contributed by atoms with E-state index < -0.39 is 11.7 Å². The third-order valence-corrected chi connectivity index (χ3v) is 3.95. The molecule has 3 amide bonds. The molecule has 1 aromatic carbocycles. The van der Waals surface area contributed by atoms with Gasteiger partial charge in [0, 0.05) is 24.7 Å². The van der Waals surface area contributed by atoms with Gasteiger partial charge in [-0.3, -0.25) is 5.32 Å². The largest absolute Gasteiger partial charge is 0.444 e. The van der Waals surface area contributed by atoms with Gasteiger partial charge in [0.25, 0.3) is 0 Å². The molecule has 0 aliphatic carbocycles. The van der Waals surface area contributed by atoms with E-state index in [0.717, 1.165) is 22.4 Å². The number of ether oxygens (including phenoxy) is 1. The minimum atomic E-state index is -0.539. The van der Waals surface area contributed by atoms with Crippen LogP contribution >= 0.6 is 0 Å². The highest BCUT2D eigenvalue weighted by Gasteiger charge is 2.24. The first-order valence-electron chi connectivity index (χ1n) is 8.65. The topological polar surface area (TPSA) is 96.5 Å². The van der Waals surface area contributed by atoms with Crippen LogP contribution < -0.4 is 10.6 Å². The molecule has 2 N–H and O–H groups in total. The van der Waals surface area contributed by atoms with Gasteiger partial charge in [0.05, 0.1) is 12.2 Å². The minimum Gasteiger partial charge on any atom is -0.444 e. The normalized spacial score (nSPS) is 13.6. The van der Waals surface area contributed by atoms with E-state index in [1.54, 1.807) is 11.9 Å². The number of hydrogen-bond acceptors (Lipinski definition) is 5. The lowest BCUT2D eigenvalue weighted by atomic mass is 10.0. The number of aromatic nitrogens is 2. The molecule has 0 spiro atoms. The molecule has 27 heavy (non-hydrogen) atoms. The Morgan fingerprint density at radius 2 is 2.11 bits per heavy atom. The summed E-state index contributed by atoms with van der Waals surface area (Å²) in [5, 5.41) is 5.51. The molecular weight excluding hydrogens is 346 g/mol. The van der Waals surface area contributed by atoms with Crippen LogP contribution in [0.2, 0.25) is 0 Å². The van der Waals surface area contributed by atoms with Crippen molar-refractivity contribution < 1.29 is 14.3 Å². The van der Waals surface area contributed by atoms with Gasteiger partial charge in [-0.15, -0.1) is 0 Å². The summed E-state index contributed by atoms with van der Waals surface area (Å²) in [4.78, 5) is 33.8. The van der Waals surface area contributed by atoms with Crippen LogP contribution in [0.5, 0.6) is 0 Å². The molecule has 0 fully saturated rings. The fraction of sp³-hybridized carbons (Fsp3) is 0.368. The first kappa shape index (κ1) is 18.6. The van der Waals surface area contributed by atoms with Gasteiger partial charge in [0.1, 0.15) is 17.7 Å². The second kappa shape index (κ2) is 7.22. The Kier molecular flexibility index (Phi) is 4.98. The SMILES string of the molecule is CN1Cc2c(ncnc2-c2cccc(CNC(=O)OC(C)(C)C)c2)NC1=O. The Morgan fingerprint density at radius 1 is 1.33 bits per heavy atom. The number of nitrogens with zero attached hydrogens (tertiary/aromatic N) is 3. The fourth-order valence-corrected chi connectivity index (χ4v) is 2.74. The van der Waals surface area contributed by atoms with Crippen LogP contribution in [0.4, 0.5) is 15.4 Å². The summed E-state index contributed by atoms with van der Waals surface area (Å²) in [5.41, 5.74) is 2.88. The Hall–Kier alpha value is -3.16. The quantitative estimate of drug-likeness (QED) is 0.866. The van der Waals surface area contributed by atoms with Crippen LogP contribution in [0.15, 0.2) is 30.6 Å². The minimum absolute atomic E-state index is 0.192. The molecule has 1 aromatic heterocycles. The summed E-state index contributed by atoms with van der Waals surface area (Å²) >= 11 is 0. The van der Waals surface area contributed by atoms with Gasteiger partial charge in [0.15, 0.2) is 0 Å². The lowest BCUT2D eigenvalue weighted by Crippen LogP contribution is -2.36. The Balaban J connectivity index is 1.80. The molecule has 0 atom stereocenters. The van der Waals surface area contributed by atoms with Crippen molar-refractivity contribution in [3.63, 3.8) is 0 Å². The van der Waals surface area contributed by atoms with Crippen LogP contribution in [0, 0.1) is 0 Å². The number of anilines is 1. The molecule has 1 aliphatic rings. The predicted molar refractivity (Wildman–Crippen MR) is 101 cm³/mol. The monoisotopic (exact) mass is 369 g/mol. The van der Waals surface area contributed by atoms with Crippen molar-refractivity contribution in [2.45, 2.75) is 39.5 Å². The van der Waals surface area contributed by atoms with Crippen molar-refractivity contribution in [3.05, 3.63) is 41.7 Å². The molecule has 2 aromatic rings. The number of hydrogen-bond donors (Lipinski definition) is 2. The first-order valence-corrected chi connectivity index (χ1v) is 8.65. The molecule has 0 radical (unpaired) electrons. The Bertz CT molecular complexity index is 876. The molecule has 142 valence electrons. The maximum Gasteiger partial charge on any atom is 0.407 e. The van der Waals surface area contributed by atoms with Gasteiger partial charge >= 0.3 is 12.1 Å². The number of urea groups is 1. The molecule has 1 aliphatic heterocycles. The van der Waals surface area contributed by atoms with Gasteiger partial charge in [-0.05, 0) is 32.4 Å². The number of carbonyl (C=O) groups is 2. The zero-order chi connectivity index (χ0) is 19.6. The second-order valence-corrected chi connectivity index (χ2v) is 7.39. The molecule has 0 bridgehead atoms. The number of amides is 3. The number of carbonyl (C=O) groups excluding carboxylic acids is 2. The predicted octanol–water partition coefficient (Wildman–Crippen LogP) is 3.15. The Labute approximate surface area is 158 Å². The number of alkyl carbamates (subject to hydrolysis) is 1. The maximum atomic E-state index is 11.8. The maximum absolute atomic E-state index is 11.8. The molecule has 0 saturated heterocycles. The van der Waals surface area contributed by atoms with Gasteiger partial charge in [0.2, 0.25) is 0 Å². The highest BCUT2D eigenvalue weighted by atomic mass is 16.6. The van der Waals surface area contributed by atoms with Crippen molar-refractivity contribution in [2.24, 2.45) is 0 Å². The molecule has 3 rings (SSSR count). The molecule has 0 saturated carbocycles. The van der Waals surface area contributed by atoms with E-state index in [1.807, 2.05) is 45.0 Å². The summed E-state index contributed by atoms with van der Waals surface area (Å²) in [6, 6.07) is 7.53. The molecule has 8 nitrogen and oxygen atoms in total. The van der Waals surface area contributed by atoms with Crippen LogP contribution in [-0.4, -0.2) is 39.6 Å². The summed E-state index contributed by atoms with van der Waals surface area (Å²) in [6.45, 7) is 6.23. The lowest BCUT2D eigenvalue weighted by Gasteiger charge is -2.26. The third kappa shape index (κ3) is 4.52. The van der Waals surface area contributed by atoms with Crippen LogP contribution in [0.1, 0.15) is 31.9 Å². The number of fused-ring (bicyclic) bond motifs is 1. The van der Waals surface area contributed by atoms with E-state index in [4.69, 9.17) is 4.74 Å². The van der Waals surface area contributed by atoms with Crippen molar-refractivity contribution in [3.8, 4) is 11.3 Å². The number of benzene rings is 1. The van der Waals surface area contributed by atoms with E-state index in [0.29, 0.717) is 18.9 Å². The molecular formula is C19H23N5O3. The van der Waals surface area contributed by atoms with Crippen molar-refractivity contribution in [1.29, 1.82) is 0 Å². The summed E-state index contributed by atoms with van der Waals surface area (Å²) in [5.74, 6) is 0.528. The summed E-state index contributed by atoms with van der Waals surface area (Å²) in [6.07, 6.45) is 0.974. The van der Waals surface area contributed by atoms with Gasteiger partial charge < -0.3 is 15.0 Å². The van der Waals surface area contributed by atoms with E-state index >= 15 is 0 Å². The zero-order valence-electron chi connectivity index (χ0n) is 15.9. The van der Waals surface area contributed by atoms with E-state index in [1.165, 1.54) is 6.33 Å². The van der Waals surface area contributed by atoms with Gasteiger partial charge in [-0.25, -0.2) is 19.6 Å². The van der Waals surface area contributed by atoms with Gasteiger partial charge in [-0.2, -0.15) is 0 Å². The van der Waals surface area contributed by atoms with Crippen molar-refractivity contribution in [2.75, 3.05) is 12.4 Å². The highest BCUT2D eigenvalue weighted by Crippen LogP contribution is 2.29.